The zero-order valence-corrected chi connectivity index (χ0v) is 16.6. The second-order valence-corrected chi connectivity index (χ2v) is 6.98. The topological polar surface area (TPSA) is 82.8 Å². The number of morpholine rings is 1. The van der Waals surface area contributed by atoms with Gasteiger partial charge in [0.25, 0.3) is 5.56 Å². The van der Waals surface area contributed by atoms with Crippen molar-refractivity contribution in [2.45, 2.75) is 13.5 Å². The number of nitrogens with one attached hydrogen (secondary N) is 1. The average molecular weight is 439 g/mol. The van der Waals surface area contributed by atoms with Gasteiger partial charge in [-0.2, -0.15) is 0 Å². The molecule has 0 bridgehead atoms. The molecular formula is C17H19BrN4O3S. The lowest BCUT2D eigenvalue weighted by molar-refractivity contribution is 0.122. The molecule has 0 aliphatic carbocycles. The Labute approximate surface area is 164 Å². The van der Waals surface area contributed by atoms with E-state index >= 15 is 0 Å². The van der Waals surface area contributed by atoms with E-state index in [1.54, 1.807) is 0 Å². The molecule has 2 heterocycles. The quantitative estimate of drug-likeness (QED) is 0.566. The summed E-state index contributed by atoms with van der Waals surface area (Å²) in [7, 11) is 0. The second-order valence-electron chi connectivity index (χ2n) is 5.73. The summed E-state index contributed by atoms with van der Waals surface area (Å²) in [5.41, 5.74) is 1.35. The first-order valence-corrected chi connectivity index (χ1v) is 9.43. The van der Waals surface area contributed by atoms with E-state index in [1.165, 1.54) is 10.8 Å². The van der Waals surface area contributed by atoms with E-state index in [0.717, 1.165) is 23.2 Å². The molecule has 0 unspecified atom stereocenters. The lowest BCUT2D eigenvalue weighted by Gasteiger charge is -2.29. The molecule has 1 aliphatic rings. The molecule has 1 aromatic heterocycles. The monoisotopic (exact) mass is 438 g/mol. The Morgan fingerprint density at radius 1 is 1.42 bits per heavy atom. The normalized spacial score (nSPS) is 14.9. The summed E-state index contributed by atoms with van der Waals surface area (Å²) in [5.74, 6) is -0.186. The summed E-state index contributed by atoms with van der Waals surface area (Å²) < 4.78 is 7.91. The van der Waals surface area contributed by atoms with E-state index in [0.29, 0.717) is 25.4 Å². The van der Waals surface area contributed by atoms with E-state index < -0.39 is 5.56 Å². The van der Waals surface area contributed by atoms with Crippen LogP contribution in [0.5, 0.6) is 5.88 Å². The van der Waals surface area contributed by atoms with Crippen molar-refractivity contribution < 1.29 is 9.84 Å². The lowest BCUT2D eigenvalue weighted by Crippen LogP contribution is -2.36. The second kappa shape index (κ2) is 8.15. The molecule has 26 heavy (non-hydrogen) atoms. The van der Waals surface area contributed by atoms with Crippen molar-refractivity contribution in [2.75, 3.05) is 31.2 Å². The molecule has 0 atom stereocenters. The third-order valence-corrected chi connectivity index (χ3v) is 5.11. The molecule has 9 heteroatoms. The van der Waals surface area contributed by atoms with Gasteiger partial charge in [-0.15, -0.1) is 0 Å². The van der Waals surface area contributed by atoms with Crippen molar-refractivity contribution in [2.24, 2.45) is 4.99 Å². The van der Waals surface area contributed by atoms with Gasteiger partial charge in [-0.25, -0.2) is 0 Å². The molecule has 0 radical (unpaired) electrons. The number of aromatic amines is 1. The molecule has 0 spiro atoms. The van der Waals surface area contributed by atoms with Crippen molar-refractivity contribution in [1.29, 1.82) is 0 Å². The largest absolute Gasteiger partial charge is 0.494 e. The summed E-state index contributed by atoms with van der Waals surface area (Å²) in [6.07, 6.45) is 1.35. The first-order chi connectivity index (χ1) is 12.5. The van der Waals surface area contributed by atoms with Crippen molar-refractivity contribution >= 4 is 45.7 Å². The van der Waals surface area contributed by atoms with Crippen LogP contribution in [0.25, 0.3) is 0 Å². The summed E-state index contributed by atoms with van der Waals surface area (Å²) in [6, 6.07) is 5.72. The fourth-order valence-corrected chi connectivity index (χ4v) is 3.69. The van der Waals surface area contributed by atoms with Gasteiger partial charge in [-0.1, -0.05) is 0 Å². The predicted octanol–water partition coefficient (Wildman–Crippen LogP) is 2.98. The van der Waals surface area contributed by atoms with Crippen LogP contribution in [0.15, 0.2) is 32.5 Å². The maximum atomic E-state index is 12.1. The van der Waals surface area contributed by atoms with Gasteiger partial charge in [0.15, 0.2) is 4.77 Å². The molecule has 1 aromatic carbocycles. The third-order valence-electron chi connectivity index (χ3n) is 4.15. The number of anilines is 1. The Bertz CT molecular complexity index is 948. The van der Waals surface area contributed by atoms with E-state index in [1.807, 2.05) is 25.1 Å². The van der Waals surface area contributed by atoms with Crippen LogP contribution >= 0.6 is 28.1 Å². The van der Waals surface area contributed by atoms with Gasteiger partial charge in [-0.05, 0) is 53.3 Å². The number of benzene rings is 1. The van der Waals surface area contributed by atoms with E-state index in [4.69, 9.17) is 17.0 Å². The number of aromatic nitrogens is 2. The van der Waals surface area contributed by atoms with Crippen LogP contribution in [0.3, 0.4) is 0 Å². The summed E-state index contributed by atoms with van der Waals surface area (Å²) >= 11 is 8.62. The van der Waals surface area contributed by atoms with E-state index in [9.17, 15) is 9.90 Å². The number of nitrogens with zero attached hydrogens (tertiary/aromatic N) is 3. The molecule has 138 valence electrons. The fourth-order valence-electron chi connectivity index (χ4n) is 2.76. The number of halogens is 1. The van der Waals surface area contributed by atoms with Crippen LogP contribution in [0, 0.1) is 4.77 Å². The van der Waals surface area contributed by atoms with Crippen LogP contribution < -0.4 is 10.5 Å². The molecule has 0 saturated carbocycles. The predicted molar refractivity (Wildman–Crippen MR) is 108 cm³/mol. The number of aromatic hydroxyl groups is 1. The molecule has 2 aromatic rings. The van der Waals surface area contributed by atoms with Crippen molar-refractivity contribution in [3.8, 4) is 5.88 Å². The maximum Gasteiger partial charge on any atom is 0.264 e. The van der Waals surface area contributed by atoms with Crippen LogP contribution in [-0.2, 0) is 11.3 Å². The lowest BCUT2D eigenvalue weighted by atomic mass is 10.2. The van der Waals surface area contributed by atoms with Crippen molar-refractivity contribution in [3.63, 3.8) is 0 Å². The standard InChI is InChI=1S/C17H19BrN4O3S/c1-2-22-16(24)12(15(23)20-17(22)26)10-19-11-3-4-14(13(18)9-11)21-5-7-25-8-6-21/h3-4,9-10,24H,2,5-8H2,1H3,(H,20,23,26). The highest BCUT2D eigenvalue weighted by molar-refractivity contribution is 9.10. The molecule has 1 saturated heterocycles. The number of hydrogen-bond donors (Lipinski definition) is 2. The SMILES string of the molecule is CCn1c(O)c(C=Nc2ccc(N3CCOCC3)c(Br)c2)c(=O)[nH]c1=S. The van der Waals surface area contributed by atoms with Gasteiger partial charge < -0.3 is 14.7 Å². The summed E-state index contributed by atoms with van der Waals surface area (Å²) in [5, 5.41) is 10.3. The third kappa shape index (κ3) is 3.89. The average Bonchev–Trinajstić information content (AvgIpc) is 2.62. The van der Waals surface area contributed by atoms with Crippen molar-refractivity contribution in [1.82, 2.24) is 9.55 Å². The van der Waals surface area contributed by atoms with E-state index in [-0.39, 0.29) is 16.2 Å². The van der Waals surface area contributed by atoms with Gasteiger partial charge in [0, 0.05) is 30.3 Å². The Morgan fingerprint density at radius 3 is 2.81 bits per heavy atom. The number of H-pyrrole nitrogens is 1. The Hall–Kier alpha value is -1.97. The molecule has 1 aliphatic heterocycles. The first-order valence-electron chi connectivity index (χ1n) is 8.23. The number of ether oxygens (including phenoxy) is 1. The summed E-state index contributed by atoms with van der Waals surface area (Å²) in [4.78, 5) is 21.2. The smallest absolute Gasteiger partial charge is 0.264 e. The summed E-state index contributed by atoms with van der Waals surface area (Å²) in [6.45, 7) is 5.39. The van der Waals surface area contributed by atoms with Gasteiger partial charge in [0.05, 0.1) is 24.6 Å². The van der Waals surface area contributed by atoms with Crippen LogP contribution in [0.1, 0.15) is 12.5 Å². The van der Waals surface area contributed by atoms with Crippen LogP contribution in [-0.4, -0.2) is 47.2 Å². The zero-order valence-electron chi connectivity index (χ0n) is 14.2. The minimum Gasteiger partial charge on any atom is -0.494 e. The van der Waals surface area contributed by atoms with Gasteiger partial charge in [0.2, 0.25) is 5.88 Å². The molecule has 1 fully saturated rings. The molecule has 2 N–H and O–H groups in total. The molecule has 7 nitrogen and oxygen atoms in total. The van der Waals surface area contributed by atoms with Gasteiger partial charge in [0.1, 0.15) is 5.56 Å². The molecule has 0 amide bonds. The minimum absolute atomic E-state index is 0.0776. The highest BCUT2D eigenvalue weighted by atomic mass is 79.9. The number of aliphatic imine (C=N–C) groups is 1. The van der Waals surface area contributed by atoms with Gasteiger partial charge in [-0.3, -0.25) is 19.3 Å². The highest BCUT2D eigenvalue weighted by Gasteiger charge is 2.14. The first kappa shape index (κ1) is 18.8. The Morgan fingerprint density at radius 2 is 2.15 bits per heavy atom. The molecular weight excluding hydrogens is 420 g/mol. The Balaban J connectivity index is 1.89. The van der Waals surface area contributed by atoms with E-state index in [2.05, 4.69) is 30.8 Å². The van der Waals surface area contributed by atoms with Crippen LogP contribution in [0.4, 0.5) is 11.4 Å². The maximum absolute atomic E-state index is 12.1. The fraction of sp³-hybridized carbons (Fsp3) is 0.353. The molecule has 3 rings (SSSR count). The van der Waals surface area contributed by atoms with Crippen molar-refractivity contribution in [3.05, 3.63) is 43.4 Å². The Kier molecular flexibility index (Phi) is 5.90. The van der Waals surface area contributed by atoms with Crippen LogP contribution in [0.2, 0.25) is 0 Å². The number of hydrogen-bond acceptors (Lipinski definition) is 6. The number of rotatable bonds is 4. The minimum atomic E-state index is -0.468. The zero-order chi connectivity index (χ0) is 18.7. The van der Waals surface area contributed by atoms with Gasteiger partial charge >= 0.3 is 0 Å². The highest BCUT2D eigenvalue weighted by Crippen LogP contribution is 2.31.